The van der Waals surface area contributed by atoms with Crippen LogP contribution >= 0.6 is 11.6 Å². The fourth-order valence-electron chi connectivity index (χ4n) is 4.75. The summed E-state index contributed by atoms with van der Waals surface area (Å²) in [5.41, 5.74) is 7.90. The van der Waals surface area contributed by atoms with E-state index in [9.17, 15) is 4.79 Å². The fraction of sp³-hybridized carbons (Fsp3) is 0.542. The van der Waals surface area contributed by atoms with Gasteiger partial charge in [0, 0.05) is 57.1 Å². The molecule has 2 saturated heterocycles. The van der Waals surface area contributed by atoms with E-state index in [0.717, 1.165) is 63.5 Å². The first-order chi connectivity index (χ1) is 16.4. The molecule has 0 aliphatic carbocycles. The minimum atomic E-state index is -0.659. The molecule has 0 atom stereocenters. The highest BCUT2D eigenvalue weighted by atomic mass is 35.5. The average molecular weight is 488 g/mol. The van der Waals surface area contributed by atoms with Gasteiger partial charge in [0.2, 0.25) is 0 Å². The number of nitrogens with zero attached hydrogens (tertiary/aromatic N) is 5. The largest absolute Gasteiger partial charge is 0.495 e. The van der Waals surface area contributed by atoms with Crippen molar-refractivity contribution < 1.29 is 9.53 Å². The zero-order valence-electron chi connectivity index (χ0n) is 20.2. The molecule has 4 rings (SSSR count). The maximum Gasteiger partial charge on any atom is 0.271 e. The van der Waals surface area contributed by atoms with E-state index in [-0.39, 0.29) is 16.7 Å². The van der Waals surface area contributed by atoms with Crippen LogP contribution in [0, 0.1) is 0 Å². The first kappa shape index (κ1) is 24.5. The predicted octanol–water partition coefficient (Wildman–Crippen LogP) is 2.76. The lowest BCUT2D eigenvalue weighted by molar-refractivity contribution is 0.0981. The van der Waals surface area contributed by atoms with Gasteiger partial charge in [-0.1, -0.05) is 18.5 Å². The van der Waals surface area contributed by atoms with Gasteiger partial charge in [0.15, 0.2) is 16.7 Å². The number of aryl methyl sites for hydroxylation is 1. The maximum atomic E-state index is 11.9. The quantitative estimate of drug-likeness (QED) is 0.615. The van der Waals surface area contributed by atoms with Crippen molar-refractivity contribution in [3.05, 3.63) is 34.7 Å². The summed E-state index contributed by atoms with van der Waals surface area (Å²) >= 11 is 6.23. The van der Waals surface area contributed by atoms with Crippen LogP contribution in [0.1, 0.15) is 35.9 Å². The molecule has 34 heavy (non-hydrogen) atoms. The molecule has 1 aromatic carbocycles. The van der Waals surface area contributed by atoms with Gasteiger partial charge in [-0.2, -0.15) is 0 Å². The molecule has 0 bridgehead atoms. The number of amides is 1. The summed E-state index contributed by atoms with van der Waals surface area (Å²) in [6.45, 7) is 8.49. The normalized spacial score (nSPS) is 18.2. The van der Waals surface area contributed by atoms with Crippen molar-refractivity contribution >= 4 is 34.7 Å². The number of nitrogens with two attached hydrogens (primary N) is 1. The van der Waals surface area contributed by atoms with Crippen LogP contribution in [0.15, 0.2) is 18.2 Å². The standard InChI is InChI=1S/C24H34ClN7O2/c1-4-18-22(25)29-24(21(28-18)23(26)33)27-16-5-6-19(20(15-16)34-3)32-9-7-17(8-10-32)31-13-11-30(2)12-14-31/h5-6,15,17H,4,7-14H2,1-3H3,(H2,26,33)(H,27,29). The SMILES string of the molecule is CCc1nc(C(N)=O)c(Nc2ccc(N3CCC(N4CCN(C)CC4)CC3)c(OC)c2)nc1Cl. The average Bonchev–Trinajstić information content (AvgIpc) is 2.84. The van der Waals surface area contributed by atoms with Gasteiger partial charge in [0.1, 0.15) is 5.75 Å². The molecule has 0 unspecified atom stereocenters. The Labute approximate surface area is 206 Å². The molecule has 1 amide bonds. The summed E-state index contributed by atoms with van der Waals surface area (Å²) < 4.78 is 5.72. The summed E-state index contributed by atoms with van der Waals surface area (Å²) in [4.78, 5) is 28.0. The maximum absolute atomic E-state index is 11.9. The molecule has 9 nitrogen and oxygen atoms in total. The second kappa shape index (κ2) is 10.8. The van der Waals surface area contributed by atoms with Crippen molar-refractivity contribution in [3.8, 4) is 5.75 Å². The van der Waals surface area contributed by atoms with Crippen molar-refractivity contribution in [1.82, 2.24) is 19.8 Å². The lowest BCUT2D eigenvalue weighted by Gasteiger charge is -2.42. The van der Waals surface area contributed by atoms with E-state index >= 15 is 0 Å². The van der Waals surface area contributed by atoms with Gasteiger partial charge in [-0.05, 0) is 38.4 Å². The fourth-order valence-corrected chi connectivity index (χ4v) is 5.01. The monoisotopic (exact) mass is 487 g/mol. The van der Waals surface area contributed by atoms with Crippen LogP contribution in [0.25, 0.3) is 0 Å². The molecule has 2 fully saturated rings. The van der Waals surface area contributed by atoms with Gasteiger partial charge in [-0.15, -0.1) is 0 Å². The number of methoxy groups -OCH3 is 1. The summed E-state index contributed by atoms with van der Waals surface area (Å²) in [5.74, 6) is 0.332. The Balaban J connectivity index is 1.47. The third-order valence-electron chi connectivity index (χ3n) is 6.79. The number of likely N-dealkylation sites (N-methyl/N-ethyl adjacent to an activating group) is 1. The Morgan fingerprint density at radius 2 is 1.88 bits per heavy atom. The number of hydrogen-bond donors (Lipinski definition) is 2. The van der Waals surface area contributed by atoms with Gasteiger partial charge in [0.25, 0.3) is 5.91 Å². The zero-order valence-corrected chi connectivity index (χ0v) is 20.9. The number of aromatic nitrogens is 2. The number of piperazine rings is 1. The number of ether oxygens (including phenoxy) is 1. The highest BCUT2D eigenvalue weighted by Crippen LogP contribution is 2.35. The molecule has 0 saturated carbocycles. The molecular formula is C24H34ClN7O2. The Morgan fingerprint density at radius 1 is 1.18 bits per heavy atom. The van der Waals surface area contributed by atoms with E-state index in [1.807, 2.05) is 25.1 Å². The smallest absolute Gasteiger partial charge is 0.271 e. The molecule has 1 aromatic heterocycles. The number of hydrogen-bond acceptors (Lipinski definition) is 8. The Kier molecular flexibility index (Phi) is 7.75. The van der Waals surface area contributed by atoms with Gasteiger partial charge in [-0.25, -0.2) is 9.97 Å². The van der Waals surface area contributed by atoms with Crippen LogP contribution < -0.4 is 20.7 Å². The summed E-state index contributed by atoms with van der Waals surface area (Å²) in [6, 6.07) is 6.53. The van der Waals surface area contributed by atoms with Crippen LogP contribution in [0.2, 0.25) is 5.15 Å². The zero-order chi connectivity index (χ0) is 24.2. The summed E-state index contributed by atoms with van der Waals surface area (Å²) in [6.07, 6.45) is 2.85. The second-order valence-corrected chi connectivity index (χ2v) is 9.30. The lowest BCUT2D eigenvalue weighted by Crippen LogP contribution is -2.52. The third kappa shape index (κ3) is 5.37. The minimum Gasteiger partial charge on any atom is -0.495 e. The molecule has 2 aliphatic rings. The number of benzene rings is 1. The van der Waals surface area contributed by atoms with Crippen molar-refractivity contribution in [2.75, 3.05) is 63.6 Å². The topological polar surface area (TPSA) is 99.8 Å². The number of carbonyl (C=O) groups excluding carboxylic acids is 1. The van der Waals surface area contributed by atoms with Crippen molar-refractivity contribution in [2.24, 2.45) is 5.73 Å². The number of primary amides is 1. The molecule has 3 heterocycles. The Morgan fingerprint density at radius 3 is 2.50 bits per heavy atom. The van der Waals surface area contributed by atoms with E-state index in [4.69, 9.17) is 22.1 Å². The van der Waals surface area contributed by atoms with Gasteiger partial charge in [0.05, 0.1) is 18.5 Å². The number of halogens is 1. The van der Waals surface area contributed by atoms with E-state index in [2.05, 4.69) is 37.0 Å². The highest BCUT2D eigenvalue weighted by molar-refractivity contribution is 6.30. The van der Waals surface area contributed by atoms with Crippen LogP contribution in [0.3, 0.4) is 0 Å². The molecule has 184 valence electrons. The predicted molar refractivity (Wildman–Crippen MR) is 136 cm³/mol. The molecule has 2 aromatic rings. The number of nitrogens with one attached hydrogen (secondary N) is 1. The van der Waals surface area contributed by atoms with Crippen molar-refractivity contribution in [3.63, 3.8) is 0 Å². The van der Waals surface area contributed by atoms with Crippen LogP contribution in [-0.2, 0) is 6.42 Å². The van der Waals surface area contributed by atoms with Crippen LogP contribution in [0.4, 0.5) is 17.2 Å². The van der Waals surface area contributed by atoms with Gasteiger partial charge < -0.3 is 25.6 Å². The number of carbonyl (C=O) groups is 1. The highest BCUT2D eigenvalue weighted by Gasteiger charge is 2.28. The Bertz CT molecular complexity index is 1020. The summed E-state index contributed by atoms with van der Waals surface area (Å²) in [5, 5.41) is 3.39. The number of piperidine rings is 1. The Hall–Kier alpha value is -2.62. The molecule has 0 spiro atoms. The number of rotatable bonds is 7. The van der Waals surface area contributed by atoms with E-state index in [1.165, 1.54) is 0 Å². The minimum absolute atomic E-state index is 0.0651. The first-order valence-electron chi connectivity index (χ1n) is 11.9. The molecule has 10 heteroatoms. The number of anilines is 3. The molecule has 3 N–H and O–H groups in total. The van der Waals surface area contributed by atoms with E-state index in [1.54, 1.807) is 7.11 Å². The van der Waals surface area contributed by atoms with Crippen molar-refractivity contribution in [2.45, 2.75) is 32.2 Å². The molecule has 2 aliphatic heterocycles. The first-order valence-corrected chi connectivity index (χ1v) is 12.3. The van der Waals surface area contributed by atoms with E-state index in [0.29, 0.717) is 23.8 Å². The van der Waals surface area contributed by atoms with Crippen molar-refractivity contribution in [1.29, 1.82) is 0 Å². The third-order valence-corrected chi connectivity index (χ3v) is 7.09. The second-order valence-electron chi connectivity index (χ2n) is 8.95. The van der Waals surface area contributed by atoms with Crippen LogP contribution in [0.5, 0.6) is 5.75 Å². The van der Waals surface area contributed by atoms with Gasteiger partial charge >= 0.3 is 0 Å². The van der Waals surface area contributed by atoms with Crippen LogP contribution in [-0.4, -0.2) is 85.1 Å². The summed E-state index contributed by atoms with van der Waals surface area (Å²) in [7, 11) is 3.86. The lowest BCUT2D eigenvalue weighted by atomic mass is 10.0. The molecular weight excluding hydrogens is 454 g/mol. The molecule has 0 radical (unpaired) electrons. The van der Waals surface area contributed by atoms with E-state index < -0.39 is 5.91 Å². The van der Waals surface area contributed by atoms with Gasteiger partial charge in [-0.3, -0.25) is 9.69 Å².